The van der Waals surface area contributed by atoms with E-state index in [4.69, 9.17) is 14.5 Å². The van der Waals surface area contributed by atoms with Gasteiger partial charge in [0.1, 0.15) is 17.3 Å². The molecule has 9 nitrogen and oxygen atoms in total. The van der Waals surface area contributed by atoms with Crippen LogP contribution in [0.1, 0.15) is 44.1 Å². The van der Waals surface area contributed by atoms with Crippen LogP contribution in [0, 0.1) is 11.3 Å². The second kappa shape index (κ2) is 12.7. The van der Waals surface area contributed by atoms with Gasteiger partial charge in [0.25, 0.3) is 5.56 Å². The number of carbonyl (C=O) groups excluding carboxylic acids is 1. The van der Waals surface area contributed by atoms with E-state index >= 15 is 0 Å². The highest BCUT2D eigenvalue weighted by atomic mass is 79.9. The molecule has 0 fully saturated rings. The van der Waals surface area contributed by atoms with E-state index in [9.17, 15) is 14.9 Å². The van der Waals surface area contributed by atoms with Gasteiger partial charge in [0.2, 0.25) is 0 Å². The first-order valence-corrected chi connectivity index (χ1v) is 13.6. The summed E-state index contributed by atoms with van der Waals surface area (Å²) in [4.78, 5) is 34.3. The van der Waals surface area contributed by atoms with E-state index in [0.717, 1.165) is 12.8 Å². The summed E-state index contributed by atoms with van der Waals surface area (Å²) >= 11 is 3.60. The van der Waals surface area contributed by atoms with Gasteiger partial charge >= 0.3 is 6.03 Å². The fourth-order valence-corrected chi connectivity index (χ4v) is 5.02. The molecule has 0 bridgehead atoms. The first-order chi connectivity index (χ1) is 19.3. The Morgan fingerprint density at radius 3 is 2.62 bits per heavy atom. The lowest BCUT2D eigenvalue weighted by atomic mass is 10.1. The molecule has 0 aliphatic heterocycles. The zero-order valence-electron chi connectivity index (χ0n) is 22.8. The Balaban J connectivity index is 1.90. The lowest BCUT2D eigenvalue weighted by Crippen LogP contribution is -2.40. The third-order valence-electron chi connectivity index (χ3n) is 6.59. The topological polar surface area (TPSA) is 109 Å². The normalized spacial score (nSPS) is 11.5. The minimum absolute atomic E-state index is 0.291. The fourth-order valence-electron chi connectivity index (χ4n) is 4.45. The predicted molar refractivity (Wildman–Crippen MR) is 158 cm³/mol. The molecule has 1 heterocycles. The standard InChI is InChI=1S/C30H30BrN5O4/c1-5-6-14-35(30(38)33-21-11-9-10-20(15-21)18-32)19(2)28-34-24-13-8-7-12-23(24)29(37)36(28)25-16-22(39-3)17-26(40-4)27(25)31/h7-13,15-17,19H,5-6,14H2,1-4H3,(H,33,38). The van der Waals surface area contributed by atoms with Crippen LogP contribution in [0.2, 0.25) is 0 Å². The summed E-state index contributed by atoms with van der Waals surface area (Å²) in [5.74, 6) is 1.34. The molecular weight excluding hydrogens is 574 g/mol. The number of nitriles is 1. The van der Waals surface area contributed by atoms with Crippen molar-refractivity contribution < 1.29 is 14.3 Å². The number of amides is 2. The van der Waals surface area contributed by atoms with Gasteiger partial charge in [-0.05, 0) is 59.6 Å². The average molecular weight is 605 g/mol. The van der Waals surface area contributed by atoms with Crippen LogP contribution >= 0.6 is 15.9 Å². The largest absolute Gasteiger partial charge is 0.497 e. The number of benzene rings is 3. The molecule has 1 aromatic heterocycles. The van der Waals surface area contributed by atoms with Crippen molar-refractivity contribution in [1.82, 2.24) is 14.5 Å². The summed E-state index contributed by atoms with van der Waals surface area (Å²) in [7, 11) is 3.07. The number of anilines is 1. The average Bonchev–Trinajstić information content (AvgIpc) is 2.97. The molecule has 4 rings (SSSR count). The molecule has 0 radical (unpaired) electrons. The molecule has 10 heteroatoms. The number of nitrogens with one attached hydrogen (secondary N) is 1. The molecule has 206 valence electrons. The molecule has 0 saturated heterocycles. The predicted octanol–water partition coefficient (Wildman–Crippen LogP) is 6.43. The molecule has 1 atom stereocenters. The minimum Gasteiger partial charge on any atom is -0.497 e. The molecule has 1 unspecified atom stereocenters. The highest BCUT2D eigenvalue weighted by Crippen LogP contribution is 2.37. The summed E-state index contributed by atoms with van der Waals surface area (Å²) in [6.45, 7) is 4.31. The van der Waals surface area contributed by atoms with E-state index in [1.165, 1.54) is 18.8 Å². The Morgan fingerprint density at radius 1 is 1.15 bits per heavy atom. The van der Waals surface area contributed by atoms with Gasteiger partial charge in [-0.1, -0.05) is 31.5 Å². The Hall–Kier alpha value is -4.36. The van der Waals surface area contributed by atoms with Gasteiger partial charge in [0.05, 0.1) is 53.0 Å². The van der Waals surface area contributed by atoms with Crippen molar-refractivity contribution in [3.63, 3.8) is 0 Å². The molecular formula is C30H30BrN5O4. The van der Waals surface area contributed by atoms with E-state index in [2.05, 4.69) is 27.3 Å². The number of rotatable bonds is 9. The molecule has 0 aliphatic carbocycles. The minimum atomic E-state index is -0.618. The van der Waals surface area contributed by atoms with Crippen LogP contribution in [-0.4, -0.2) is 41.2 Å². The van der Waals surface area contributed by atoms with Crippen molar-refractivity contribution in [1.29, 1.82) is 5.26 Å². The van der Waals surface area contributed by atoms with Crippen molar-refractivity contribution >= 4 is 38.6 Å². The van der Waals surface area contributed by atoms with Crippen LogP contribution in [0.3, 0.4) is 0 Å². The number of halogens is 1. The van der Waals surface area contributed by atoms with E-state index in [1.807, 2.05) is 19.9 Å². The van der Waals surface area contributed by atoms with Gasteiger partial charge in [-0.15, -0.1) is 0 Å². The number of unbranched alkanes of at least 4 members (excludes halogenated alkanes) is 1. The maximum Gasteiger partial charge on any atom is 0.322 e. The Morgan fingerprint density at radius 2 is 1.93 bits per heavy atom. The highest BCUT2D eigenvalue weighted by Gasteiger charge is 2.28. The van der Waals surface area contributed by atoms with Gasteiger partial charge in [-0.25, -0.2) is 9.78 Å². The smallest absolute Gasteiger partial charge is 0.322 e. The lowest BCUT2D eigenvalue weighted by molar-refractivity contribution is 0.188. The number of hydrogen-bond donors (Lipinski definition) is 1. The summed E-state index contributed by atoms with van der Waals surface area (Å²) in [6.07, 6.45) is 1.60. The summed E-state index contributed by atoms with van der Waals surface area (Å²) in [5.41, 5.74) is 1.64. The molecule has 0 saturated carbocycles. The maximum atomic E-state index is 14.0. The second-order valence-electron chi connectivity index (χ2n) is 9.14. The van der Waals surface area contributed by atoms with Crippen LogP contribution in [0.4, 0.5) is 10.5 Å². The number of nitrogens with zero attached hydrogens (tertiary/aromatic N) is 4. The van der Waals surface area contributed by atoms with Crippen molar-refractivity contribution in [3.05, 3.63) is 86.9 Å². The quantitative estimate of drug-likeness (QED) is 0.236. The summed E-state index contributed by atoms with van der Waals surface area (Å²) in [5, 5.41) is 12.6. The number of para-hydroxylation sites is 1. The SMILES string of the molecule is CCCCN(C(=O)Nc1cccc(C#N)c1)C(C)c1nc2ccccc2c(=O)n1-c1cc(OC)cc(OC)c1Br. The number of carbonyl (C=O) groups is 1. The maximum absolute atomic E-state index is 14.0. The molecule has 0 aliphatic rings. The van der Waals surface area contributed by atoms with E-state index in [0.29, 0.717) is 56.2 Å². The van der Waals surface area contributed by atoms with E-state index in [-0.39, 0.29) is 11.6 Å². The van der Waals surface area contributed by atoms with Crippen LogP contribution in [-0.2, 0) is 0 Å². The Labute approximate surface area is 241 Å². The van der Waals surface area contributed by atoms with Gasteiger partial charge in [-0.2, -0.15) is 5.26 Å². The third kappa shape index (κ3) is 5.80. The van der Waals surface area contributed by atoms with E-state index < -0.39 is 6.04 Å². The molecule has 40 heavy (non-hydrogen) atoms. The zero-order valence-corrected chi connectivity index (χ0v) is 24.4. The first-order valence-electron chi connectivity index (χ1n) is 12.8. The van der Waals surface area contributed by atoms with Crippen molar-refractivity contribution in [2.45, 2.75) is 32.7 Å². The third-order valence-corrected chi connectivity index (χ3v) is 7.39. The fraction of sp³-hybridized carbons (Fsp3) is 0.267. The van der Waals surface area contributed by atoms with Crippen LogP contribution in [0.25, 0.3) is 16.6 Å². The first kappa shape index (κ1) is 28.6. The lowest BCUT2D eigenvalue weighted by Gasteiger charge is -2.31. The summed E-state index contributed by atoms with van der Waals surface area (Å²) < 4.78 is 13.1. The van der Waals surface area contributed by atoms with Gasteiger partial charge in [-0.3, -0.25) is 9.36 Å². The van der Waals surface area contributed by atoms with Crippen LogP contribution in [0.5, 0.6) is 11.5 Å². The van der Waals surface area contributed by atoms with Crippen LogP contribution in [0.15, 0.2) is 69.9 Å². The van der Waals surface area contributed by atoms with Crippen LogP contribution < -0.4 is 20.3 Å². The number of methoxy groups -OCH3 is 2. The van der Waals surface area contributed by atoms with Gasteiger partial charge < -0.3 is 19.7 Å². The van der Waals surface area contributed by atoms with E-state index in [1.54, 1.807) is 59.5 Å². The molecule has 2 amide bonds. The molecule has 3 aromatic carbocycles. The van der Waals surface area contributed by atoms with Gasteiger partial charge in [0.15, 0.2) is 0 Å². The molecule has 4 aromatic rings. The zero-order chi connectivity index (χ0) is 28.8. The Kier molecular flexibility index (Phi) is 9.07. The molecule has 1 N–H and O–H groups in total. The molecule has 0 spiro atoms. The number of urea groups is 1. The number of aromatic nitrogens is 2. The van der Waals surface area contributed by atoms with Gasteiger partial charge in [0, 0.05) is 24.4 Å². The number of ether oxygens (including phenoxy) is 2. The van der Waals surface area contributed by atoms with Crippen molar-refractivity contribution in [2.24, 2.45) is 0 Å². The number of hydrogen-bond acceptors (Lipinski definition) is 6. The second-order valence-corrected chi connectivity index (χ2v) is 9.93. The highest BCUT2D eigenvalue weighted by molar-refractivity contribution is 9.10. The van der Waals surface area contributed by atoms with Crippen molar-refractivity contribution in [3.8, 4) is 23.3 Å². The monoisotopic (exact) mass is 603 g/mol. The van der Waals surface area contributed by atoms with Crippen molar-refractivity contribution in [2.75, 3.05) is 26.1 Å². The number of fused-ring (bicyclic) bond motifs is 1. The Bertz CT molecular complexity index is 1650. The summed E-state index contributed by atoms with van der Waals surface area (Å²) in [6, 6.07) is 18.4.